The van der Waals surface area contributed by atoms with Crippen LogP contribution >= 0.6 is 11.3 Å². The van der Waals surface area contributed by atoms with Crippen LogP contribution in [0.3, 0.4) is 0 Å². The maximum Gasteiger partial charge on any atom is 0.269 e. The molecule has 0 radical (unpaired) electrons. The third-order valence-corrected chi connectivity index (χ3v) is 5.92. The molecule has 3 heterocycles. The Morgan fingerprint density at radius 2 is 1.72 bits per heavy atom. The van der Waals surface area contributed by atoms with Gasteiger partial charge in [0.2, 0.25) is 11.1 Å². The van der Waals surface area contributed by atoms with E-state index in [0.29, 0.717) is 16.8 Å². The Kier molecular flexibility index (Phi) is 4.14. The van der Waals surface area contributed by atoms with Gasteiger partial charge in [-0.05, 0) is 36.1 Å². The molecule has 0 N–H and O–H groups in total. The van der Waals surface area contributed by atoms with Gasteiger partial charge in [0.25, 0.3) is 5.56 Å². The summed E-state index contributed by atoms with van der Waals surface area (Å²) >= 11 is 1.49. The Hall–Kier alpha value is -3.51. The maximum absolute atomic E-state index is 13.6. The van der Waals surface area contributed by atoms with E-state index < -0.39 is 5.56 Å². The lowest BCUT2D eigenvalue weighted by atomic mass is 10.1. The van der Waals surface area contributed by atoms with Crippen LogP contribution in [0.1, 0.15) is 18.5 Å². The average molecular weight is 400 g/mol. The highest BCUT2D eigenvalue weighted by atomic mass is 32.1. The Labute approximate surface area is 169 Å². The van der Waals surface area contributed by atoms with E-state index in [9.17, 15) is 9.59 Å². The fraction of sp³-hybridized carbons (Fsp3) is 0.0870. The van der Waals surface area contributed by atoms with Gasteiger partial charge in [-0.2, -0.15) is 4.98 Å². The normalized spacial score (nSPS) is 12.4. The first-order chi connectivity index (χ1) is 14.1. The highest BCUT2D eigenvalue weighted by molar-refractivity contribution is 7.13. The summed E-state index contributed by atoms with van der Waals surface area (Å²) in [5.41, 5.74) is 0.695. The standard InChI is InChI=1S/C23H16N2O3S/c1-14(15-8-3-2-4-9-15)25-21(18-12-7-13-29-18)24-22-19(23(25)27)20(26)16-10-5-6-11-17(16)28-22/h2-14H,1H3/t14-/m1/s1. The fourth-order valence-corrected chi connectivity index (χ4v) is 4.29. The predicted molar refractivity (Wildman–Crippen MR) is 116 cm³/mol. The number of nitrogens with zero attached hydrogens (tertiary/aromatic N) is 2. The lowest BCUT2D eigenvalue weighted by Crippen LogP contribution is -2.30. The second-order valence-corrected chi connectivity index (χ2v) is 7.73. The summed E-state index contributed by atoms with van der Waals surface area (Å²) in [6.45, 7) is 1.93. The van der Waals surface area contributed by atoms with Gasteiger partial charge in [0.1, 0.15) is 5.58 Å². The molecule has 0 amide bonds. The molecule has 3 aromatic heterocycles. The van der Waals surface area contributed by atoms with Gasteiger partial charge in [0, 0.05) is 0 Å². The molecular formula is C23H16N2O3S. The zero-order valence-electron chi connectivity index (χ0n) is 15.5. The Morgan fingerprint density at radius 1 is 0.966 bits per heavy atom. The van der Waals surface area contributed by atoms with Crippen molar-refractivity contribution in [2.45, 2.75) is 13.0 Å². The van der Waals surface area contributed by atoms with E-state index in [4.69, 9.17) is 4.42 Å². The summed E-state index contributed by atoms with van der Waals surface area (Å²) in [5, 5.41) is 2.29. The first-order valence-electron chi connectivity index (χ1n) is 9.22. The minimum atomic E-state index is -0.394. The average Bonchev–Trinajstić information content (AvgIpc) is 3.28. The molecular weight excluding hydrogens is 384 g/mol. The number of rotatable bonds is 3. The van der Waals surface area contributed by atoms with Gasteiger partial charge in [-0.15, -0.1) is 11.3 Å². The van der Waals surface area contributed by atoms with Gasteiger partial charge < -0.3 is 4.42 Å². The molecule has 0 fully saturated rings. The van der Waals surface area contributed by atoms with Crippen LogP contribution in [-0.4, -0.2) is 9.55 Å². The van der Waals surface area contributed by atoms with Crippen LogP contribution in [0.2, 0.25) is 0 Å². The molecule has 0 aliphatic rings. The van der Waals surface area contributed by atoms with Crippen LogP contribution < -0.4 is 11.0 Å². The first kappa shape index (κ1) is 17.6. The lowest BCUT2D eigenvalue weighted by molar-refractivity contribution is 0.598. The van der Waals surface area contributed by atoms with E-state index in [2.05, 4.69) is 4.98 Å². The molecule has 5 aromatic rings. The van der Waals surface area contributed by atoms with Gasteiger partial charge >= 0.3 is 0 Å². The van der Waals surface area contributed by atoms with Crippen molar-refractivity contribution >= 4 is 33.4 Å². The van der Waals surface area contributed by atoms with Gasteiger partial charge in [-0.3, -0.25) is 14.2 Å². The molecule has 0 bridgehead atoms. The van der Waals surface area contributed by atoms with E-state index in [1.165, 1.54) is 11.3 Å². The Balaban J connectivity index is 1.92. The van der Waals surface area contributed by atoms with Crippen molar-refractivity contribution in [3.8, 4) is 10.7 Å². The van der Waals surface area contributed by atoms with Crippen molar-refractivity contribution in [2.75, 3.05) is 0 Å². The van der Waals surface area contributed by atoms with Gasteiger partial charge in [-0.1, -0.05) is 48.5 Å². The maximum atomic E-state index is 13.6. The molecule has 142 valence electrons. The van der Waals surface area contributed by atoms with Crippen molar-refractivity contribution in [1.29, 1.82) is 0 Å². The van der Waals surface area contributed by atoms with Gasteiger partial charge in [-0.25, -0.2) is 0 Å². The van der Waals surface area contributed by atoms with E-state index in [0.717, 1.165) is 10.4 Å². The molecule has 0 unspecified atom stereocenters. The molecule has 2 aromatic carbocycles. The van der Waals surface area contributed by atoms with Crippen molar-refractivity contribution < 1.29 is 4.42 Å². The topological polar surface area (TPSA) is 65.1 Å². The van der Waals surface area contributed by atoms with E-state index in [1.807, 2.05) is 54.8 Å². The van der Waals surface area contributed by atoms with Crippen LogP contribution in [0, 0.1) is 0 Å². The molecule has 0 aliphatic heterocycles. The number of hydrogen-bond donors (Lipinski definition) is 0. The van der Waals surface area contributed by atoms with Crippen molar-refractivity contribution in [3.05, 3.63) is 98.3 Å². The van der Waals surface area contributed by atoms with Gasteiger partial charge in [0.05, 0.1) is 16.3 Å². The lowest BCUT2D eigenvalue weighted by Gasteiger charge is -2.19. The first-order valence-corrected chi connectivity index (χ1v) is 10.1. The molecule has 0 saturated heterocycles. The number of thiophene rings is 1. The van der Waals surface area contributed by atoms with Crippen molar-refractivity contribution in [1.82, 2.24) is 9.55 Å². The second kappa shape index (κ2) is 6.83. The van der Waals surface area contributed by atoms with Crippen LogP contribution in [0.4, 0.5) is 0 Å². The van der Waals surface area contributed by atoms with Crippen LogP contribution in [0.25, 0.3) is 32.8 Å². The third kappa shape index (κ3) is 2.80. The summed E-state index contributed by atoms with van der Waals surface area (Å²) in [5.74, 6) is 0.493. The fourth-order valence-electron chi connectivity index (χ4n) is 3.58. The number of hydrogen-bond acceptors (Lipinski definition) is 5. The van der Waals surface area contributed by atoms with Crippen molar-refractivity contribution in [3.63, 3.8) is 0 Å². The molecule has 0 spiro atoms. The highest BCUT2D eigenvalue weighted by Crippen LogP contribution is 2.28. The highest BCUT2D eigenvalue weighted by Gasteiger charge is 2.22. The summed E-state index contributed by atoms with van der Waals surface area (Å²) in [7, 11) is 0. The molecule has 1 atom stereocenters. The summed E-state index contributed by atoms with van der Waals surface area (Å²) in [6.07, 6.45) is 0. The van der Waals surface area contributed by atoms with Crippen LogP contribution in [0.5, 0.6) is 0 Å². The molecule has 0 saturated carbocycles. The number of benzene rings is 2. The summed E-state index contributed by atoms with van der Waals surface area (Å²) in [6, 6.07) is 20.1. The molecule has 5 rings (SSSR count). The van der Waals surface area contributed by atoms with Crippen molar-refractivity contribution in [2.24, 2.45) is 0 Å². The van der Waals surface area contributed by atoms with Crippen LogP contribution in [-0.2, 0) is 0 Å². The zero-order chi connectivity index (χ0) is 20.0. The molecule has 5 nitrogen and oxygen atoms in total. The third-order valence-electron chi connectivity index (χ3n) is 5.06. The van der Waals surface area contributed by atoms with E-state index in [1.54, 1.807) is 28.8 Å². The summed E-state index contributed by atoms with van der Waals surface area (Å²) in [4.78, 5) is 32.2. The Morgan fingerprint density at radius 3 is 2.48 bits per heavy atom. The van der Waals surface area contributed by atoms with E-state index >= 15 is 0 Å². The monoisotopic (exact) mass is 400 g/mol. The zero-order valence-corrected chi connectivity index (χ0v) is 16.3. The molecule has 0 aliphatic carbocycles. The Bertz CT molecular complexity index is 1450. The van der Waals surface area contributed by atoms with Gasteiger partial charge in [0.15, 0.2) is 11.2 Å². The number of fused-ring (bicyclic) bond motifs is 2. The summed E-state index contributed by atoms with van der Waals surface area (Å²) < 4.78 is 7.46. The smallest absolute Gasteiger partial charge is 0.269 e. The predicted octanol–water partition coefficient (Wildman–Crippen LogP) is 4.84. The molecule has 29 heavy (non-hydrogen) atoms. The minimum Gasteiger partial charge on any atom is -0.437 e. The molecule has 6 heteroatoms. The second-order valence-electron chi connectivity index (χ2n) is 6.78. The largest absolute Gasteiger partial charge is 0.437 e. The van der Waals surface area contributed by atoms with Crippen LogP contribution in [0.15, 0.2) is 86.1 Å². The van der Waals surface area contributed by atoms with E-state index in [-0.39, 0.29) is 22.6 Å². The number of aromatic nitrogens is 2. The minimum absolute atomic E-state index is 0.0215. The SMILES string of the molecule is C[C@H](c1ccccc1)n1c(-c2cccs2)nc2oc3ccccc3c(=O)c2c1=O. The number of para-hydroxylation sites is 1. The quantitative estimate of drug-likeness (QED) is 0.407.